The second-order valence-electron chi connectivity index (χ2n) is 9.22. The predicted octanol–water partition coefficient (Wildman–Crippen LogP) is 4.99. The van der Waals surface area contributed by atoms with Gasteiger partial charge in [0, 0.05) is 50.5 Å². The van der Waals surface area contributed by atoms with Gasteiger partial charge in [0.15, 0.2) is 0 Å². The lowest BCUT2D eigenvalue weighted by molar-refractivity contribution is -0.131. The van der Waals surface area contributed by atoms with Gasteiger partial charge in [-0.25, -0.2) is 4.79 Å². The molecule has 0 bridgehead atoms. The van der Waals surface area contributed by atoms with Crippen LogP contribution in [0.4, 0.5) is 4.79 Å². The lowest BCUT2D eigenvalue weighted by Crippen LogP contribution is -2.42. The molecule has 1 aromatic carbocycles. The van der Waals surface area contributed by atoms with Gasteiger partial charge >= 0.3 is 6.09 Å². The van der Waals surface area contributed by atoms with Gasteiger partial charge in [0.1, 0.15) is 16.9 Å². The third-order valence-corrected chi connectivity index (χ3v) is 5.65. The zero-order valence-corrected chi connectivity index (χ0v) is 18.9. The number of piperidine rings is 1. The lowest BCUT2D eigenvalue weighted by Gasteiger charge is -2.33. The summed E-state index contributed by atoms with van der Waals surface area (Å²) in [6.07, 6.45) is 2.70. The maximum atomic E-state index is 12.9. The Labute approximate surface area is 179 Å². The molecular weight excluding hydrogens is 380 g/mol. The molecule has 1 aliphatic heterocycles. The Morgan fingerprint density at radius 3 is 2.50 bits per heavy atom. The number of rotatable bonds is 5. The highest BCUT2D eigenvalue weighted by atomic mass is 16.6. The number of benzene rings is 1. The molecule has 1 fully saturated rings. The average Bonchev–Trinajstić information content (AvgIpc) is 3.05. The van der Waals surface area contributed by atoms with Crippen LogP contribution in [0, 0.1) is 5.92 Å². The molecular formula is C24H34N2O4. The molecule has 1 aromatic heterocycles. The quantitative estimate of drug-likeness (QED) is 0.691. The van der Waals surface area contributed by atoms with Crippen LogP contribution in [0.3, 0.4) is 0 Å². The number of fused-ring (bicyclic) bond motifs is 1. The Morgan fingerprint density at radius 1 is 1.20 bits per heavy atom. The van der Waals surface area contributed by atoms with E-state index in [1.807, 2.05) is 46.0 Å². The van der Waals surface area contributed by atoms with Crippen molar-refractivity contribution in [3.05, 3.63) is 35.6 Å². The fraction of sp³-hybridized carbons (Fsp3) is 0.583. The molecule has 1 aliphatic rings. The van der Waals surface area contributed by atoms with E-state index in [4.69, 9.17) is 9.15 Å². The Bertz CT molecular complexity index is 888. The molecule has 0 saturated carbocycles. The van der Waals surface area contributed by atoms with E-state index in [1.165, 1.54) is 0 Å². The van der Waals surface area contributed by atoms with E-state index in [-0.39, 0.29) is 12.0 Å². The van der Waals surface area contributed by atoms with Crippen molar-refractivity contribution >= 4 is 23.0 Å². The smallest absolute Gasteiger partial charge is 0.410 e. The number of furan rings is 1. The van der Waals surface area contributed by atoms with Crippen molar-refractivity contribution in [3.63, 3.8) is 0 Å². The van der Waals surface area contributed by atoms with Crippen LogP contribution in [0.15, 0.2) is 28.7 Å². The van der Waals surface area contributed by atoms with Gasteiger partial charge in [0.2, 0.25) is 5.91 Å². The second kappa shape index (κ2) is 9.11. The summed E-state index contributed by atoms with van der Waals surface area (Å²) in [5.41, 5.74) is 1.49. The topological polar surface area (TPSA) is 63.0 Å². The van der Waals surface area contributed by atoms with Crippen molar-refractivity contribution in [2.75, 3.05) is 20.1 Å². The molecule has 0 unspecified atom stereocenters. The van der Waals surface area contributed by atoms with Crippen LogP contribution in [0.5, 0.6) is 0 Å². The van der Waals surface area contributed by atoms with Crippen LogP contribution in [-0.4, -0.2) is 47.5 Å². The Morgan fingerprint density at radius 2 is 1.87 bits per heavy atom. The number of likely N-dealkylation sites (tertiary alicyclic amines) is 1. The summed E-state index contributed by atoms with van der Waals surface area (Å²) in [6, 6.07) is 7.99. The first-order valence-corrected chi connectivity index (χ1v) is 10.9. The van der Waals surface area contributed by atoms with Crippen molar-refractivity contribution in [1.82, 2.24) is 9.80 Å². The molecule has 6 heteroatoms. The normalized spacial score (nSPS) is 15.4. The third kappa shape index (κ3) is 5.35. The van der Waals surface area contributed by atoms with Crippen LogP contribution >= 0.6 is 0 Å². The standard InChI is InChI=1S/C24H34N2O4/c1-6-20-19(18-9-7-8-10-21(18)29-20)16-25(5)22(27)15-17-11-13-26(14-12-17)23(28)30-24(2,3)4/h7-10,17H,6,11-16H2,1-5H3. The third-order valence-electron chi connectivity index (χ3n) is 5.65. The molecule has 1 saturated heterocycles. The predicted molar refractivity (Wildman–Crippen MR) is 117 cm³/mol. The lowest BCUT2D eigenvalue weighted by atomic mass is 9.93. The largest absolute Gasteiger partial charge is 0.461 e. The van der Waals surface area contributed by atoms with Gasteiger partial charge in [-0.15, -0.1) is 0 Å². The highest BCUT2D eigenvalue weighted by Crippen LogP contribution is 2.28. The molecule has 164 valence electrons. The monoisotopic (exact) mass is 414 g/mol. The van der Waals surface area contributed by atoms with Gasteiger partial charge < -0.3 is 19.0 Å². The number of carbonyl (C=O) groups is 2. The Hall–Kier alpha value is -2.50. The summed E-state index contributed by atoms with van der Waals surface area (Å²) in [5.74, 6) is 1.38. The maximum Gasteiger partial charge on any atom is 0.410 e. The van der Waals surface area contributed by atoms with Crippen LogP contribution in [0.1, 0.15) is 58.3 Å². The fourth-order valence-electron chi connectivity index (χ4n) is 3.98. The minimum atomic E-state index is -0.485. The van der Waals surface area contributed by atoms with Gasteiger partial charge in [-0.3, -0.25) is 4.79 Å². The van der Waals surface area contributed by atoms with E-state index in [0.717, 1.165) is 41.6 Å². The number of hydrogen-bond acceptors (Lipinski definition) is 4. The minimum Gasteiger partial charge on any atom is -0.461 e. The molecule has 3 rings (SSSR count). The van der Waals surface area contributed by atoms with E-state index in [1.54, 1.807) is 9.80 Å². The Kier molecular flexibility index (Phi) is 6.74. The second-order valence-corrected chi connectivity index (χ2v) is 9.22. The number of para-hydroxylation sites is 1. The summed E-state index contributed by atoms with van der Waals surface area (Å²) in [5, 5.41) is 1.08. The summed E-state index contributed by atoms with van der Waals surface area (Å²) in [6.45, 7) is 9.53. The minimum absolute atomic E-state index is 0.137. The molecule has 6 nitrogen and oxygen atoms in total. The van der Waals surface area contributed by atoms with E-state index in [2.05, 4.69) is 13.0 Å². The van der Waals surface area contributed by atoms with E-state index in [0.29, 0.717) is 32.0 Å². The summed E-state index contributed by atoms with van der Waals surface area (Å²) in [4.78, 5) is 28.6. The summed E-state index contributed by atoms with van der Waals surface area (Å²) < 4.78 is 11.4. The van der Waals surface area contributed by atoms with Crippen LogP contribution < -0.4 is 0 Å². The highest BCUT2D eigenvalue weighted by Gasteiger charge is 2.28. The molecule has 0 N–H and O–H groups in total. The molecule has 30 heavy (non-hydrogen) atoms. The van der Waals surface area contributed by atoms with Crippen LogP contribution in [-0.2, 0) is 22.5 Å². The first kappa shape index (κ1) is 22.2. The van der Waals surface area contributed by atoms with Crippen LogP contribution in [0.25, 0.3) is 11.0 Å². The van der Waals surface area contributed by atoms with Gasteiger partial charge in [-0.2, -0.15) is 0 Å². The van der Waals surface area contributed by atoms with Gasteiger partial charge in [0.25, 0.3) is 0 Å². The number of hydrogen-bond donors (Lipinski definition) is 0. The zero-order chi connectivity index (χ0) is 21.9. The first-order valence-electron chi connectivity index (χ1n) is 10.9. The SMILES string of the molecule is CCc1oc2ccccc2c1CN(C)C(=O)CC1CCN(C(=O)OC(C)(C)C)CC1. The number of ether oxygens (including phenoxy) is 1. The molecule has 0 aliphatic carbocycles. The summed E-state index contributed by atoms with van der Waals surface area (Å²) in [7, 11) is 1.86. The zero-order valence-electron chi connectivity index (χ0n) is 18.9. The van der Waals surface area contributed by atoms with E-state index in [9.17, 15) is 9.59 Å². The fourth-order valence-corrected chi connectivity index (χ4v) is 3.98. The van der Waals surface area contributed by atoms with E-state index >= 15 is 0 Å². The molecule has 2 heterocycles. The molecule has 0 radical (unpaired) electrons. The summed E-state index contributed by atoms with van der Waals surface area (Å²) >= 11 is 0. The van der Waals surface area contributed by atoms with Crippen molar-refractivity contribution < 1.29 is 18.7 Å². The van der Waals surface area contributed by atoms with Crippen molar-refractivity contribution in [3.8, 4) is 0 Å². The van der Waals surface area contributed by atoms with Crippen molar-refractivity contribution in [2.24, 2.45) is 5.92 Å². The van der Waals surface area contributed by atoms with Gasteiger partial charge in [0.05, 0.1) is 0 Å². The number of nitrogens with zero attached hydrogens (tertiary/aromatic N) is 2. The van der Waals surface area contributed by atoms with Crippen molar-refractivity contribution in [1.29, 1.82) is 0 Å². The van der Waals surface area contributed by atoms with Gasteiger partial charge in [-0.05, 0) is 45.6 Å². The molecule has 2 amide bonds. The Balaban J connectivity index is 1.54. The number of amides is 2. The van der Waals surface area contributed by atoms with Gasteiger partial charge in [-0.1, -0.05) is 25.1 Å². The first-order chi connectivity index (χ1) is 14.2. The molecule has 2 aromatic rings. The van der Waals surface area contributed by atoms with E-state index < -0.39 is 5.60 Å². The van der Waals surface area contributed by atoms with Crippen molar-refractivity contribution in [2.45, 2.75) is 65.5 Å². The maximum absolute atomic E-state index is 12.9. The average molecular weight is 415 g/mol. The number of carbonyl (C=O) groups excluding carboxylic acids is 2. The molecule has 0 atom stereocenters. The molecule has 0 spiro atoms. The highest BCUT2D eigenvalue weighted by molar-refractivity contribution is 5.83. The van der Waals surface area contributed by atoms with Crippen LogP contribution in [0.2, 0.25) is 0 Å². The number of aryl methyl sites for hydroxylation is 1.